The molecule has 0 aliphatic carbocycles. The Labute approximate surface area is 58.0 Å². The topological polar surface area (TPSA) is 75.3 Å². The van der Waals surface area contributed by atoms with Crippen LogP contribution in [0.2, 0.25) is 0 Å². The van der Waals surface area contributed by atoms with Crippen molar-refractivity contribution in [3.63, 3.8) is 0 Å². The molecule has 10 heavy (non-hydrogen) atoms. The van der Waals surface area contributed by atoms with E-state index in [1.807, 2.05) is 0 Å². The number of nitrogens with one attached hydrogen (secondary N) is 1. The van der Waals surface area contributed by atoms with E-state index in [2.05, 4.69) is 5.32 Å². The molecule has 0 saturated carbocycles. The van der Waals surface area contributed by atoms with Crippen molar-refractivity contribution < 1.29 is 9.90 Å². The highest BCUT2D eigenvalue weighted by Crippen LogP contribution is 2.01. The molecule has 0 aromatic heterocycles. The molecule has 4 N–H and O–H groups in total. The zero-order valence-electron chi connectivity index (χ0n) is 5.24. The van der Waals surface area contributed by atoms with Gasteiger partial charge in [-0.25, -0.2) is 4.79 Å². The van der Waals surface area contributed by atoms with Crippen molar-refractivity contribution in [1.29, 1.82) is 0 Å². The summed E-state index contributed by atoms with van der Waals surface area (Å²) in [7, 11) is 0. The van der Waals surface area contributed by atoms with Crippen LogP contribution < -0.4 is 11.1 Å². The van der Waals surface area contributed by atoms with Crippen LogP contribution in [0.4, 0.5) is 0 Å². The Bertz CT molecular complexity index is 208. The number of carbonyl (C=O) groups is 1. The minimum atomic E-state index is -0.982. The molecule has 1 aliphatic heterocycles. The first-order valence-corrected chi connectivity index (χ1v) is 2.83. The van der Waals surface area contributed by atoms with Crippen LogP contribution in [0.15, 0.2) is 23.9 Å². The van der Waals surface area contributed by atoms with Gasteiger partial charge in [-0.3, -0.25) is 0 Å². The van der Waals surface area contributed by atoms with Crippen LogP contribution in [-0.2, 0) is 4.79 Å². The molecule has 1 rings (SSSR count). The molecule has 1 aliphatic rings. The number of rotatable bonds is 1. The van der Waals surface area contributed by atoms with E-state index in [1.54, 1.807) is 12.3 Å². The maximum absolute atomic E-state index is 10.3. The summed E-state index contributed by atoms with van der Waals surface area (Å²) in [5.41, 5.74) is 5.55. The molecule has 0 amide bonds. The second kappa shape index (κ2) is 2.53. The van der Waals surface area contributed by atoms with Crippen molar-refractivity contribution in [2.45, 2.75) is 6.17 Å². The van der Waals surface area contributed by atoms with E-state index in [0.717, 1.165) is 0 Å². The molecule has 1 unspecified atom stereocenters. The lowest BCUT2D eigenvalue weighted by atomic mass is 10.1. The molecule has 54 valence electrons. The minimum absolute atomic E-state index is 0.183. The zero-order valence-corrected chi connectivity index (χ0v) is 5.24. The van der Waals surface area contributed by atoms with Crippen LogP contribution in [0.3, 0.4) is 0 Å². The summed E-state index contributed by atoms with van der Waals surface area (Å²) < 4.78 is 0. The highest BCUT2D eigenvalue weighted by molar-refractivity contribution is 5.88. The largest absolute Gasteiger partial charge is 0.478 e. The first-order valence-electron chi connectivity index (χ1n) is 2.83. The molecule has 4 heteroatoms. The number of carboxylic acids is 1. The number of hydrogen-bond acceptors (Lipinski definition) is 3. The fourth-order valence-corrected chi connectivity index (χ4v) is 0.709. The van der Waals surface area contributed by atoms with E-state index in [0.29, 0.717) is 0 Å². The Morgan fingerprint density at radius 3 is 2.90 bits per heavy atom. The Morgan fingerprint density at radius 2 is 2.50 bits per heavy atom. The lowest BCUT2D eigenvalue weighted by molar-refractivity contribution is -0.133. The van der Waals surface area contributed by atoms with E-state index in [9.17, 15) is 4.79 Å². The van der Waals surface area contributed by atoms with Crippen molar-refractivity contribution in [1.82, 2.24) is 5.32 Å². The lowest BCUT2D eigenvalue weighted by Crippen LogP contribution is -2.39. The van der Waals surface area contributed by atoms with Gasteiger partial charge < -0.3 is 16.2 Å². The van der Waals surface area contributed by atoms with Gasteiger partial charge in [0.1, 0.15) is 6.17 Å². The van der Waals surface area contributed by atoms with E-state index in [4.69, 9.17) is 10.8 Å². The summed E-state index contributed by atoms with van der Waals surface area (Å²) in [6, 6.07) is 0. The third-order valence-electron chi connectivity index (χ3n) is 1.23. The van der Waals surface area contributed by atoms with Crippen LogP contribution in [0.1, 0.15) is 0 Å². The summed E-state index contributed by atoms with van der Waals surface area (Å²) in [5, 5.41) is 11.1. The first-order chi connectivity index (χ1) is 4.72. The Hall–Kier alpha value is -1.29. The van der Waals surface area contributed by atoms with Crippen LogP contribution in [-0.4, -0.2) is 17.2 Å². The average Bonchev–Trinajstić information content (AvgIpc) is 1.88. The molecule has 4 nitrogen and oxygen atoms in total. The fourth-order valence-electron chi connectivity index (χ4n) is 0.709. The highest BCUT2D eigenvalue weighted by Gasteiger charge is 2.15. The third kappa shape index (κ3) is 1.16. The van der Waals surface area contributed by atoms with Crippen LogP contribution in [0, 0.1) is 0 Å². The van der Waals surface area contributed by atoms with Gasteiger partial charge in [0.15, 0.2) is 0 Å². The molecule has 0 radical (unpaired) electrons. The minimum Gasteiger partial charge on any atom is -0.478 e. The molecule has 1 atom stereocenters. The third-order valence-corrected chi connectivity index (χ3v) is 1.23. The van der Waals surface area contributed by atoms with E-state index in [-0.39, 0.29) is 5.57 Å². The fraction of sp³-hybridized carbons (Fsp3) is 0.167. The number of allylic oxidation sites excluding steroid dienone is 2. The van der Waals surface area contributed by atoms with Gasteiger partial charge in [0.25, 0.3) is 0 Å². The van der Waals surface area contributed by atoms with Gasteiger partial charge in [-0.2, -0.15) is 0 Å². The number of carboxylic acid groups (broad SMARTS) is 1. The number of hydrogen-bond donors (Lipinski definition) is 3. The quantitative estimate of drug-likeness (QED) is 0.454. The predicted octanol–water partition coefficient (Wildman–Crippen LogP) is -0.601. The molecule has 0 saturated heterocycles. The molecule has 0 bridgehead atoms. The van der Waals surface area contributed by atoms with E-state index >= 15 is 0 Å². The lowest BCUT2D eigenvalue weighted by Gasteiger charge is -2.14. The predicted molar refractivity (Wildman–Crippen MR) is 36.0 cm³/mol. The van der Waals surface area contributed by atoms with Crippen molar-refractivity contribution in [2.24, 2.45) is 5.73 Å². The van der Waals surface area contributed by atoms with Crippen LogP contribution in [0.5, 0.6) is 0 Å². The van der Waals surface area contributed by atoms with Crippen molar-refractivity contribution in [2.75, 3.05) is 0 Å². The summed E-state index contributed by atoms with van der Waals surface area (Å²) in [6.45, 7) is 0. The van der Waals surface area contributed by atoms with E-state index in [1.165, 1.54) is 6.08 Å². The Kier molecular flexibility index (Phi) is 1.73. The summed E-state index contributed by atoms with van der Waals surface area (Å²) in [6.07, 6.45) is 4.11. The SMILES string of the molecule is NC1NC=CC=C1C(=O)O. The number of dihydropyridines is 1. The summed E-state index contributed by atoms with van der Waals surface area (Å²) in [4.78, 5) is 10.3. The maximum Gasteiger partial charge on any atom is 0.335 e. The highest BCUT2D eigenvalue weighted by atomic mass is 16.4. The van der Waals surface area contributed by atoms with Crippen LogP contribution in [0.25, 0.3) is 0 Å². The van der Waals surface area contributed by atoms with Gasteiger partial charge in [0, 0.05) is 0 Å². The normalized spacial score (nSPS) is 23.3. The molecule has 1 heterocycles. The van der Waals surface area contributed by atoms with Gasteiger partial charge in [0.2, 0.25) is 0 Å². The van der Waals surface area contributed by atoms with Gasteiger partial charge in [-0.05, 0) is 18.4 Å². The Balaban J connectivity index is 2.80. The monoisotopic (exact) mass is 140 g/mol. The summed E-state index contributed by atoms with van der Waals surface area (Å²) >= 11 is 0. The van der Waals surface area contributed by atoms with Gasteiger partial charge in [0.05, 0.1) is 5.57 Å². The van der Waals surface area contributed by atoms with Crippen molar-refractivity contribution in [3.8, 4) is 0 Å². The smallest absolute Gasteiger partial charge is 0.335 e. The number of nitrogens with two attached hydrogens (primary N) is 1. The van der Waals surface area contributed by atoms with Gasteiger partial charge in [-0.15, -0.1) is 0 Å². The molecule has 0 fully saturated rings. The maximum atomic E-state index is 10.3. The number of aliphatic carboxylic acids is 1. The van der Waals surface area contributed by atoms with Crippen molar-refractivity contribution >= 4 is 5.97 Å². The molecule has 0 aromatic carbocycles. The van der Waals surface area contributed by atoms with Crippen molar-refractivity contribution in [3.05, 3.63) is 23.9 Å². The van der Waals surface area contributed by atoms with Crippen LogP contribution >= 0.6 is 0 Å². The van der Waals surface area contributed by atoms with Gasteiger partial charge in [-0.1, -0.05) is 0 Å². The molecular weight excluding hydrogens is 132 g/mol. The Morgan fingerprint density at radius 1 is 1.80 bits per heavy atom. The standard InChI is InChI=1S/C6H8N2O2/c7-5-4(6(9)10)2-1-3-8-5/h1-3,5,8H,7H2,(H,9,10). The summed E-state index contributed by atoms with van der Waals surface area (Å²) in [5.74, 6) is -0.982. The second-order valence-corrected chi connectivity index (χ2v) is 1.93. The second-order valence-electron chi connectivity index (χ2n) is 1.93. The average molecular weight is 140 g/mol. The molecule has 0 aromatic rings. The molecular formula is C6H8N2O2. The zero-order chi connectivity index (χ0) is 7.56. The molecule has 0 spiro atoms. The van der Waals surface area contributed by atoms with E-state index < -0.39 is 12.1 Å². The first kappa shape index (κ1) is 6.82. The van der Waals surface area contributed by atoms with Gasteiger partial charge >= 0.3 is 5.97 Å².